The Kier molecular flexibility index (Phi) is 5.35. The maximum absolute atomic E-state index is 13.0. The van der Waals surface area contributed by atoms with Crippen LogP contribution in [-0.4, -0.2) is 28.5 Å². The molecule has 0 saturated carbocycles. The highest BCUT2D eigenvalue weighted by atomic mass is 16.5. The number of rotatable bonds is 5. The predicted octanol–water partition coefficient (Wildman–Crippen LogP) is 2.69. The van der Waals surface area contributed by atoms with Crippen molar-refractivity contribution in [1.29, 1.82) is 0 Å². The maximum atomic E-state index is 13.0. The molecule has 1 aliphatic rings. The van der Waals surface area contributed by atoms with Crippen molar-refractivity contribution in [1.82, 2.24) is 14.9 Å². The summed E-state index contributed by atoms with van der Waals surface area (Å²) in [4.78, 5) is 42.0. The molecule has 3 aromatic rings. The third kappa shape index (κ3) is 3.83. The first kappa shape index (κ1) is 19.8. The second-order valence-electron chi connectivity index (χ2n) is 7.54. The molecule has 0 saturated heterocycles. The van der Waals surface area contributed by atoms with Crippen molar-refractivity contribution < 1.29 is 14.3 Å². The van der Waals surface area contributed by atoms with Gasteiger partial charge in [0.25, 0.3) is 11.5 Å². The largest absolute Gasteiger partial charge is 0.469 e. The van der Waals surface area contributed by atoms with Gasteiger partial charge in [0.2, 0.25) is 0 Å². The molecule has 0 radical (unpaired) electrons. The summed E-state index contributed by atoms with van der Waals surface area (Å²) >= 11 is 0. The summed E-state index contributed by atoms with van der Waals surface area (Å²) in [6.45, 7) is 2.66. The van der Waals surface area contributed by atoms with E-state index in [1.165, 1.54) is 7.11 Å². The highest BCUT2D eigenvalue weighted by Crippen LogP contribution is 2.20. The van der Waals surface area contributed by atoms with E-state index in [0.717, 1.165) is 29.8 Å². The molecule has 1 amide bonds. The van der Waals surface area contributed by atoms with Crippen molar-refractivity contribution >= 4 is 22.8 Å². The summed E-state index contributed by atoms with van der Waals surface area (Å²) in [5.41, 5.74) is 2.73. The minimum atomic E-state index is -0.528. The van der Waals surface area contributed by atoms with Crippen molar-refractivity contribution in [2.45, 2.75) is 38.8 Å². The number of carbonyl (C=O) groups is 2. The quantitative estimate of drug-likeness (QED) is 0.659. The van der Waals surface area contributed by atoms with Crippen LogP contribution in [0.5, 0.6) is 0 Å². The zero-order chi connectivity index (χ0) is 21.3. The number of fused-ring (bicyclic) bond motifs is 2. The Morgan fingerprint density at radius 2 is 1.97 bits per heavy atom. The third-order valence-corrected chi connectivity index (χ3v) is 5.46. The molecule has 1 N–H and O–H groups in total. The summed E-state index contributed by atoms with van der Waals surface area (Å²) in [7, 11) is 1.32. The lowest BCUT2D eigenvalue weighted by atomic mass is 10.0. The van der Waals surface area contributed by atoms with Crippen molar-refractivity contribution in [2.75, 3.05) is 7.11 Å². The first-order valence-corrected chi connectivity index (χ1v) is 9.94. The van der Waals surface area contributed by atoms with Gasteiger partial charge in [-0.3, -0.25) is 19.0 Å². The van der Waals surface area contributed by atoms with Crippen LogP contribution in [0.1, 0.15) is 46.2 Å². The molecule has 2 heterocycles. The molecule has 1 aromatic heterocycles. The average molecular weight is 405 g/mol. The third-order valence-electron chi connectivity index (χ3n) is 5.46. The molecule has 30 heavy (non-hydrogen) atoms. The Morgan fingerprint density at radius 3 is 2.70 bits per heavy atom. The van der Waals surface area contributed by atoms with Crippen molar-refractivity contribution in [3.05, 3.63) is 75.3 Å². The molecule has 154 valence electrons. The van der Waals surface area contributed by atoms with Crippen molar-refractivity contribution in [3.8, 4) is 0 Å². The second kappa shape index (κ2) is 8.10. The van der Waals surface area contributed by atoms with Crippen molar-refractivity contribution in [2.24, 2.45) is 0 Å². The smallest absolute Gasteiger partial charge is 0.307 e. The van der Waals surface area contributed by atoms with Gasteiger partial charge < -0.3 is 10.1 Å². The number of nitrogens with one attached hydrogen (secondary N) is 1. The first-order valence-electron chi connectivity index (χ1n) is 9.94. The number of benzene rings is 2. The number of esters is 1. The summed E-state index contributed by atoms with van der Waals surface area (Å²) in [6.07, 6.45) is 1.68. The van der Waals surface area contributed by atoms with E-state index in [9.17, 15) is 14.4 Å². The molecule has 1 unspecified atom stereocenters. The van der Waals surface area contributed by atoms with Crippen LogP contribution >= 0.6 is 0 Å². The van der Waals surface area contributed by atoms with Crippen LogP contribution in [0, 0.1) is 6.92 Å². The Labute approximate surface area is 173 Å². The minimum Gasteiger partial charge on any atom is -0.469 e. The van der Waals surface area contributed by atoms with E-state index in [1.54, 1.807) is 22.8 Å². The van der Waals surface area contributed by atoms with Crippen LogP contribution in [0.25, 0.3) is 10.9 Å². The molecular weight excluding hydrogens is 382 g/mol. The number of hydrogen-bond donors (Lipinski definition) is 1. The standard InChI is InChI=1S/C23H23N3O4/c1-14-5-7-15(8-6-14)18(13-21(27)30-2)25-22(28)16-9-10-17-19(12-16)24-20-4-3-11-26(20)23(17)29/h5-10,12,18H,3-4,11,13H2,1-2H3,(H,25,28). The Morgan fingerprint density at radius 1 is 1.20 bits per heavy atom. The van der Waals surface area contributed by atoms with Crippen LogP contribution in [0.4, 0.5) is 0 Å². The van der Waals surface area contributed by atoms with Crippen LogP contribution in [0.2, 0.25) is 0 Å². The van der Waals surface area contributed by atoms with Gasteiger partial charge in [0.15, 0.2) is 0 Å². The molecule has 4 rings (SSSR count). The molecule has 0 spiro atoms. The van der Waals surface area contributed by atoms with Gasteiger partial charge in [0, 0.05) is 18.5 Å². The average Bonchev–Trinajstić information content (AvgIpc) is 3.22. The normalized spacial score (nSPS) is 13.7. The maximum Gasteiger partial charge on any atom is 0.307 e. The number of aryl methyl sites for hydroxylation is 2. The topological polar surface area (TPSA) is 90.3 Å². The zero-order valence-corrected chi connectivity index (χ0v) is 17.0. The van der Waals surface area contributed by atoms with Crippen LogP contribution in [0.15, 0.2) is 47.3 Å². The van der Waals surface area contributed by atoms with E-state index in [-0.39, 0.29) is 17.9 Å². The fourth-order valence-electron chi connectivity index (χ4n) is 3.77. The Hall–Kier alpha value is -3.48. The number of aromatic nitrogens is 2. The number of ether oxygens (including phenoxy) is 1. The number of nitrogens with zero attached hydrogens (tertiary/aromatic N) is 2. The van der Waals surface area contributed by atoms with E-state index in [2.05, 4.69) is 10.3 Å². The van der Waals surface area contributed by atoms with Gasteiger partial charge in [-0.05, 0) is 37.1 Å². The fraction of sp³-hybridized carbons (Fsp3) is 0.304. The summed E-state index contributed by atoms with van der Waals surface area (Å²) in [5, 5.41) is 3.42. The molecule has 0 fully saturated rings. The minimum absolute atomic E-state index is 0.0198. The summed E-state index contributed by atoms with van der Waals surface area (Å²) < 4.78 is 6.49. The SMILES string of the molecule is COC(=O)CC(NC(=O)c1ccc2c(=O)n3c(nc2c1)CCC3)c1ccc(C)cc1. The molecule has 0 aliphatic carbocycles. The van der Waals surface area contributed by atoms with Crippen LogP contribution in [-0.2, 0) is 22.5 Å². The monoisotopic (exact) mass is 405 g/mol. The summed E-state index contributed by atoms with van der Waals surface area (Å²) in [6, 6.07) is 12.0. The first-order chi connectivity index (χ1) is 14.5. The van der Waals surface area contributed by atoms with E-state index in [4.69, 9.17) is 4.74 Å². The highest BCUT2D eigenvalue weighted by molar-refractivity contribution is 5.98. The van der Waals surface area contributed by atoms with E-state index in [1.807, 2.05) is 31.2 Å². The van der Waals surface area contributed by atoms with Gasteiger partial charge in [-0.25, -0.2) is 4.98 Å². The lowest BCUT2D eigenvalue weighted by Gasteiger charge is -2.19. The predicted molar refractivity (Wildman–Crippen MR) is 112 cm³/mol. The number of carbonyl (C=O) groups excluding carboxylic acids is 2. The van der Waals surface area contributed by atoms with Gasteiger partial charge in [0.1, 0.15) is 5.82 Å². The van der Waals surface area contributed by atoms with Gasteiger partial charge in [-0.2, -0.15) is 0 Å². The van der Waals surface area contributed by atoms with Gasteiger partial charge in [0.05, 0.1) is 30.5 Å². The number of methoxy groups -OCH3 is 1. The molecule has 7 nitrogen and oxygen atoms in total. The molecule has 7 heteroatoms. The van der Waals surface area contributed by atoms with Crippen molar-refractivity contribution in [3.63, 3.8) is 0 Å². The van der Waals surface area contributed by atoms with E-state index < -0.39 is 12.0 Å². The van der Waals surface area contributed by atoms with Gasteiger partial charge in [-0.1, -0.05) is 29.8 Å². The number of hydrogen-bond acceptors (Lipinski definition) is 5. The van der Waals surface area contributed by atoms with Gasteiger partial charge >= 0.3 is 5.97 Å². The van der Waals surface area contributed by atoms with E-state index >= 15 is 0 Å². The number of amides is 1. The fourth-order valence-corrected chi connectivity index (χ4v) is 3.77. The molecule has 1 atom stereocenters. The summed E-state index contributed by atoms with van der Waals surface area (Å²) in [5.74, 6) is 0.00620. The van der Waals surface area contributed by atoms with E-state index in [0.29, 0.717) is 23.0 Å². The Balaban J connectivity index is 1.64. The molecular formula is C23H23N3O4. The molecule has 1 aliphatic heterocycles. The molecule has 2 aromatic carbocycles. The second-order valence-corrected chi connectivity index (χ2v) is 7.54. The lowest BCUT2D eigenvalue weighted by Crippen LogP contribution is -2.30. The van der Waals surface area contributed by atoms with Crippen LogP contribution in [0.3, 0.4) is 0 Å². The van der Waals surface area contributed by atoms with Gasteiger partial charge in [-0.15, -0.1) is 0 Å². The zero-order valence-electron chi connectivity index (χ0n) is 17.0. The molecule has 0 bridgehead atoms. The highest BCUT2D eigenvalue weighted by Gasteiger charge is 2.21. The lowest BCUT2D eigenvalue weighted by molar-refractivity contribution is -0.141. The van der Waals surface area contributed by atoms with Crippen LogP contribution < -0.4 is 10.9 Å². The Bertz CT molecular complexity index is 1180.